The maximum Gasteiger partial charge on any atom is 0.410 e. The van der Waals surface area contributed by atoms with Gasteiger partial charge in [0.15, 0.2) is 0 Å². The van der Waals surface area contributed by atoms with Crippen LogP contribution in [0, 0.1) is 0 Å². The van der Waals surface area contributed by atoms with Gasteiger partial charge in [-0.25, -0.2) is 4.79 Å². The van der Waals surface area contributed by atoms with Crippen molar-refractivity contribution in [3.8, 4) is 0 Å². The van der Waals surface area contributed by atoms with Crippen LogP contribution in [0.5, 0.6) is 0 Å². The molecular formula is C37H56FN3O9S. The van der Waals surface area contributed by atoms with Crippen LogP contribution in [0.2, 0.25) is 0 Å². The molecule has 3 aliphatic heterocycles. The summed E-state index contributed by atoms with van der Waals surface area (Å²) in [5.74, 6) is -0.571. The Morgan fingerprint density at radius 2 is 1.73 bits per heavy atom. The van der Waals surface area contributed by atoms with Crippen LogP contribution in [-0.2, 0) is 19.0 Å². The molecule has 0 bridgehead atoms. The Labute approximate surface area is 305 Å². The lowest BCUT2D eigenvalue weighted by molar-refractivity contribution is -0.228. The number of benzene rings is 1. The number of carbonyl (C=O) groups excluding carboxylic acids is 3. The number of aliphatic hydroxyl groups is 3. The molecule has 3 amide bonds. The molecule has 286 valence electrons. The van der Waals surface area contributed by atoms with E-state index in [1.54, 1.807) is 44.7 Å². The molecule has 12 nitrogen and oxygen atoms in total. The van der Waals surface area contributed by atoms with Crippen molar-refractivity contribution in [2.24, 2.45) is 0 Å². The van der Waals surface area contributed by atoms with E-state index in [0.717, 1.165) is 10.5 Å². The smallest absolute Gasteiger partial charge is 0.410 e. The predicted octanol–water partition coefficient (Wildman–Crippen LogP) is 3.85. The molecule has 14 heteroatoms. The Hall–Kier alpha value is -2.75. The number of hydrogen-bond acceptors (Lipinski definition) is 10. The molecule has 4 N–H and O–H groups in total. The number of aliphatic hydroxyl groups excluding tert-OH is 3. The van der Waals surface area contributed by atoms with E-state index in [-0.39, 0.29) is 18.9 Å². The molecule has 0 aliphatic carbocycles. The lowest BCUT2D eigenvalue weighted by Crippen LogP contribution is -2.66. The van der Waals surface area contributed by atoms with Crippen LogP contribution in [-0.4, -0.2) is 136 Å². The average molecular weight is 738 g/mol. The summed E-state index contributed by atoms with van der Waals surface area (Å²) in [5, 5.41) is 35.3. The first-order valence-corrected chi connectivity index (χ1v) is 19.0. The fourth-order valence-electron chi connectivity index (χ4n) is 6.64. The number of morpholine rings is 1. The van der Waals surface area contributed by atoms with Crippen molar-refractivity contribution in [2.75, 3.05) is 39.5 Å². The Morgan fingerprint density at radius 1 is 1.04 bits per heavy atom. The van der Waals surface area contributed by atoms with E-state index in [2.05, 4.69) is 5.32 Å². The number of hydrogen-bond donors (Lipinski definition) is 4. The number of alkyl halides is 1. The second kappa shape index (κ2) is 18.8. The number of unbranched alkanes of at least 4 members (excludes halogenated alkanes) is 1. The first-order chi connectivity index (χ1) is 24.2. The number of carbonyl (C=O) groups is 3. The van der Waals surface area contributed by atoms with Gasteiger partial charge in [0.25, 0.3) is 5.91 Å². The zero-order valence-electron chi connectivity index (χ0n) is 30.5. The van der Waals surface area contributed by atoms with Gasteiger partial charge < -0.3 is 39.7 Å². The number of nitrogens with one attached hydrogen (secondary N) is 1. The Kier molecular flexibility index (Phi) is 15.1. The monoisotopic (exact) mass is 737 g/mol. The van der Waals surface area contributed by atoms with Gasteiger partial charge in [0.05, 0.1) is 32.0 Å². The predicted molar refractivity (Wildman–Crippen MR) is 191 cm³/mol. The molecule has 3 aliphatic rings. The normalized spacial score (nSPS) is 27.2. The second-order valence-electron chi connectivity index (χ2n) is 14.5. The summed E-state index contributed by atoms with van der Waals surface area (Å²) in [4.78, 5) is 44.8. The molecule has 4 rings (SSSR count). The van der Waals surface area contributed by atoms with Crippen molar-refractivity contribution in [1.82, 2.24) is 15.1 Å². The summed E-state index contributed by atoms with van der Waals surface area (Å²) < 4.78 is 30.1. The molecule has 0 aromatic heterocycles. The highest BCUT2D eigenvalue weighted by molar-refractivity contribution is 8.00. The molecule has 3 heterocycles. The van der Waals surface area contributed by atoms with Crippen LogP contribution in [0.1, 0.15) is 83.5 Å². The molecule has 2 fully saturated rings. The minimum Gasteiger partial charge on any atom is -0.444 e. The molecular weight excluding hydrogens is 681 g/mol. The largest absolute Gasteiger partial charge is 0.444 e. The van der Waals surface area contributed by atoms with Gasteiger partial charge in [-0.1, -0.05) is 25.5 Å². The van der Waals surface area contributed by atoms with E-state index < -0.39 is 72.1 Å². The number of thioether (sulfide) groups is 1. The first-order valence-electron chi connectivity index (χ1n) is 18.1. The molecule has 2 saturated heterocycles. The summed E-state index contributed by atoms with van der Waals surface area (Å²) >= 11 is 1.39. The van der Waals surface area contributed by atoms with E-state index in [1.165, 1.54) is 16.7 Å². The van der Waals surface area contributed by atoms with Crippen LogP contribution in [0.25, 0.3) is 0 Å². The van der Waals surface area contributed by atoms with Crippen molar-refractivity contribution >= 4 is 29.7 Å². The SMILES string of the molecule is CCC1O[C@H]([C@H](NC(=O)[C@@H]2CC=C(CCCCF)CCN2C(=O)OC(C)(C)C)[C@H](C)Sc2ccc(C(=O)N3CCOCC3)cc2)C(O)C(O)[C@H]1O. The van der Waals surface area contributed by atoms with Crippen molar-refractivity contribution in [1.29, 1.82) is 0 Å². The number of rotatable bonds is 12. The first kappa shape index (κ1) is 41.0. The average Bonchev–Trinajstić information content (AvgIpc) is 3.32. The lowest BCUT2D eigenvalue weighted by atomic mass is 9.89. The van der Waals surface area contributed by atoms with E-state index >= 15 is 0 Å². The number of halogens is 1. The van der Waals surface area contributed by atoms with Crippen LogP contribution < -0.4 is 5.32 Å². The van der Waals surface area contributed by atoms with Gasteiger partial charge in [0.1, 0.15) is 36.1 Å². The Morgan fingerprint density at radius 3 is 2.35 bits per heavy atom. The van der Waals surface area contributed by atoms with Gasteiger partial charge in [0, 0.05) is 35.3 Å². The highest BCUT2D eigenvalue weighted by Crippen LogP contribution is 2.33. The van der Waals surface area contributed by atoms with Crippen LogP contribution in [0.15, 0.2) is 40.8 Å². The van der Waals surface area contributed by atoms with E-state index in [0.29, 0.717) is 64.0 Å². The molecule has 0 radical (unpaired) electrons. The maximum atomic E-state index is 14.3. The Balaban J connectivity index is 1.60. The summed E-state index contributed by atoms with van der Waals surface area (Å²) in [5.41, 5.74) is 0.780. The van der Waals surface area contributed by atoms with Crippen molar-refractivity contribution < 1.29 is 48.3 Å². The minimum atomic E-state index is -1.53. The van der Waals surface area contributed by atoms with Crippen LogP contribution in [0.3, 0.4) is 0 Å². The highest BCUT2D eigenvalue weighted by Gasteiger charge is 2.48. The summed E-state index contributed by atoms with van der Waals surface area (Å²) in [7, 11) is 0. The minimum absolute atomic E-state index is 0.0810. The number of nitrogens with zero attached hydrogens (tertiary/aromatic N) is 2. The Bertz CT molecular complexity index is 1340. The fourth-order valence-corrected chi connectivity index (χ4v) is 7.73. The molecule has 1 aromatic rings. The van der Waals surface area contributed by atoms with Crippen molar-refractivity contribution in [2.45, 2.75) is 131 Å². The fraction of sp³-hybridized carbons (Fsp3) is 0.703. The molecule has 1 aromatic carbocycles. The summed E-state index contributed by atoms with van der Waals surface area (Å²) in [6, 6.07) is 5.30. The van der Waals surface area contributed by atoms with Gasteiger partial charge in [-0.2, -0.15) is 0 Å². The topological polar surface area (TPSA) is 158 Å². The highest BCUT2D eigenvalue weighted by atomic mass is 32.2. The second-order valence-corrected chi connectivity index (χ2v) is 15.9. The quantitative estimate of drug-likeness (QED) is 0.141. The maximum absolute atomic E-state index is 14.3. The van der Waals surface area contributed by atoms with Gasteiger partial charge in [-0.15, -0.1) is 11.8 Å². The van der Waals surface area contributed by atoms with Gasteiger partial charge in [0.2, 0.25) is 5.91 Å². The van der Waals surface area contributed by atoms with Crippen molar-refractivity contribution in [3.63, 3.8) is 0 Å². The third kappa shape index (κ3) is 11.1. The van der Waals surface area contributed by atoms with Crippen LogP contribution >= 0.6 is 11.8 Å². The molecule has 0 spiro atoms. The number of ether oxygens (including phenoxy) is 3. The van der Waals surface area contributed by atoms with Gasteiger partial charge in [-0.3, -0.25) is 18.9 Å². The van der Waals surface area contributed by atoms with E-state index in [1.807, 2.05) is 25.1 Å². The zero-order chi connectivity index (χ0) is 37.3. The molecule has 51 heavy (non-hydrogen) atoms. The van der Waals surface area contributed by atoms with Gasteiger partial charge >= 0.3 is 6.09 Å². The van der Waals surface area contributed by atoms with Crippen LogP contribution in [0.4, 0.5) is 9.18 Å². The molecule has 3 unspecified atom stereocenters. The van der Waals surface area contributed by atoms with Crippen molar-refractivity contribution in [3.05, 3.63) is 41.5 Å². The standard InChI is InChI=1S/C37H56FN3O9S/c1-6-28-30(42)31(43)32(44)33(49-28)29(23(2)51-26-13-11-25(12-14-26)35(46)40-19-21-48-22-20-40)39-34(45)27-15-10-24(9-7-8-17-38)16-18-41(27)36(47)50-37(3,4)5/h10-14,23,27-33,42-44H,6-9,15-22H2,1-5H3,(H,39,45)/t23-,27-,28?,29+,30-,31?,32?,33+/m0/s1. The third-order valence-corrected chi connectivity index (χ3v) is 10.7. The number of amides is 3. The zero-order valence-corrected chi connectivity index (χ0v) is 31.3. The molecule has 0 saturated carbocycles. The summed E-state index contributed by atoms with van der Waals surface area (Å²) in [6.45, 7) is 10.8. The lowest BCUT2D eigenvalue weighted by Gasteiger charge is -2.45. The summed E-state index contributed by atoms with van der Waals surface area (Å²) in [6.07, 6.45) is -2.11. The van der Waals surface area contributed by atoms with E-state index in [4.69, 9.17) is 14.2 Å². The third-order valence-electron chi connectivity index (χ3n) is 9.53. The van der Waals surface area contributed by atoms with Gasteiger partial charge in [-0.05, 0) is 83.6 Å². The molecule has 8 atom stereocenters. The van der Waals surface area contributed by atoms with E-state index in [9.17, 15) is 34.1 Å².